The first-order chi connectivity index (χ1) is 6.07. The molecule has 0 aromatic heterocycles. The highest BCUT2D eigenvalue weighted by molar-refractivity contribution is 7.85. The summed E-state index contributed by atoms with van der Waals surface area (Å²) in [5, 5.41) is 18.1. The van der Waals surface area contributed by atoms with E-state index in [1.54, 1.807) is 0 Å². The third-order valence-corrected chi connectivity index (χ3v) is 2.99. The fourth-order valence-corrected chi connectivity index (χ4v) is 2.00. The van der Waals surface area contributed by atoms with Crippen molar-refractivity contribution >= 4 is 28.1 Å². The van der Waals surface area contributed by atoms with Crippen LogP contribution >= 0.6 is 11.6 Å². The number of nitrogens with two attached hydrogens (primary N) is 1. The zero-order valence-corrected chi connectivity index (χ0v) is 8.10. The average Bonchev–Trinajstić information content (AvgIpc) is 2.12. The minimum Gasteiger partial charge on any atom is -0.505 e. The van der Waals surface area contributed by atoms with Crippen LogP contribution in [0.25, 0.3) is 0 Å². The Morgan fingerprint density at radius 1 is 1.54 bits per heavy atom. The van der Waals surface area contributed by atoms with Crippen LogP contribution in [0.2, 0.25) is 5.02 Å². The number of aromatic hydroxyl groups is 1. The molecular formula is C7H8ClNO3S. The van der Waals surface area contributed by atoms with E-state index in [4.69, 9.17) is 22.4 Å². The van der Waals surface area contributed by atoms with Gasteiger partial charge in [-0.3, -0.25) is 4.21 Å². The van der Waals surface area contributed by atoms with Gasteiger partial charge in [-0.25, -0.2) is 0 Å². The van der Waals surface area contributed by atoms with Crippen molar-refractivity contribution in [1.29, 1.82) is 0 Å². The smallest absolute Gasteiger partial charge is 0.156 e. The lowest BCUT2D eigenvalue weighted by Crippen LogP contribution is -1.99. The summed E-state index contributed by atoms with van der Waals surface area (Å²) in [6.07, 6.45) is 0. The predicted molar refractivity (Wildman–Crippen MR) is 51.0 cm³/mol. The van der Waals surface area contributed by atoms with Gasteiger partial charge in [0.2, 0.25) is 0 Å². The van der Waals surface area contributed by atoms with Crippen molar-refractivity contribution in [3.8, 4) is 5.75 Å². The van der Waals surface area contributed by atoms with E-state index >= 15 is 0 Å². The molecule has 1 unspecified atom stereocenters. The highest BCUT2D eigenvalue weighted by Gasteiger charge is 2.15. The fraction of sp³-hybridized carbons (Fsp3) is 0.143. The largest absolute Gasteiger partial charge is 0.505 e. The van der Waals surface area contributed by atoms with Crippen molar-refractivity contribution < 1.29 is 14.4 Å². The summed E-state index contributed by atoms with van der Waals surface area (Å²) in [5.74, 6) is -0.934. The lowest BCUT2D eigenvalue weighted by atomic mass is 10.3. The van der Waals surface area contributed by atoms with Gasteiger partial charge in [-0.05, 0) is 12.1 Å². The molecule has 0 radical (unpaired) electrons. The first-order valence-corrected chi connectivity index (χ1v) is 5.03. The van der Waals surface area contributed by atoms with Gasteiger partial charge in [0.05, 0.1) is 21.5 Å². The van der Waals surface area contributed by atoms with Crippen molar-refractivity contribution in [2.75, 3.05) is 11.7 Å². The van der Waals surface area contributed by atoms with E-state index in [0.29, 0.717) is 0 Å². The molecule has 0 aliphatic rings. The molecule has 0 saturated carbocycles. The summed E-state index contributed by atoms with van der Waals surface area (Å²) in [6, 6.07) is 2.81. The molecule has 1 rings (SSSR count). The van der Waals surface area contributed by atoms with Crippen LogP contribution < -0.4 is 5.73 Å². The summed E-state index contributed by atoms with van der Waals surface area (Å²) >= 11 is 5.66. The maximum atomic E-state index is 11.2. The second-order valence-electron chi connectivity index (χ2n) is 2.29. The Labute approximate surface area is 82.4 Å². The van der Waals surface area contributed by atoms with Gasteiger partial charge in [0.15, 0.2) is 5.75 Å². The van der Waals surface area contributed by atoms with Crippen LogP contribution in [0.5, 0.6) is 5.75 Å². The number of hydrogen-bond acceptors (Lipinski definition) is 4. The van der Waals surface area contributed by atoms with Gasteiger partial charge in [-0.2, -0.15) is 0 Å². The lowest BCUT2D eigenvalue weighted by molar-refractivity contribution is 0.367. The lowest BCUT2D eigenvalue weighted by Gasteiger charge is -2.06. The number of nitrogen functional groups attached to an aromatic ring is 1. The molecule has 0 aliphatic heterocycles. The molecule has 4 nitrogen and oxygen atoms in total. The van der Waals surface area contributed by atoms with Gasteiger partial charge in [0, 0.05) is 0 Å². The molecule has 1 atom stereocenters. The molecule has 72 valence electrons. The van der Waals surface area contributed by atoms with Gasteiger partial charge in [-0.15, -0.1) is 0 Å². The van der Waals surface area contributed by atoms with Crippen LogP contribution in [0.3, 0.4) is 0 Å². The van der Waals surface area contributed by atoms with Crippen LogP contribution in [-0.2, 0) is 10.8 Å². The van der Waals surface area contributed by atoms with Crippen LogP contribution in [0.1, 0.15) is 0 Å². The monoisotopic (exact) mass is 221 g/mol. The highest BCUT2D eigenvalue weighted by Crippen LogP contribution is 2.33. The van der Waals surface area contributed by atoms with Crippen molar-refractivity contribution in [3.05, 3.63) is 17.2 Å². The first-order valence-electron chi connectivity index (χ1n) is 3.34. The van der Waals surface area contributed by atoms with Crippen molar-refractivity contribution in [1.82, 2.24) is 0 Å². The molecule has 1 aromatic carbocycles. The Morgan fingerprint density at radius 2 is 2.15 bits per heavy atom. The Balaban J connectivity index is 3.33. The predicted octanol–water partition coefficient (Wildman–Crippen LogP) is 0.685. The fourth-order valence-electron chi connectivity index (χ4n) is 0.843. The number of aliphatic hydroxyl groups excluding tert-OH is 1. The molecule has 4 N–H and O–H groups in total. The molecular weight excluding hydrogens is 214 g/mol. The van der Waals surface area contributed by atoms with Gasteiger partial charge in [-0.1, -0.05) is 11.6 Å². The molecule has 0 spiro atoms. The molecule has 13 heavy (non-hydrogen) atoms. The summed E-state index contributed by atoms with van der Waals surface area (Å²) in [7, 11) is -1.73. The second kappa shape index (κ2) is 3.95. The SMILES string of the molecule is Nc1ccc(Cl)c(S(=O)CO)c1O. The Morgan fingerprint density at radius 3 is 2.69 bits per heavy atom. The molecule has 0 bridgehead atoms. The van der Waals surface area contributed by atoms with Crippen molar-refractivity contribution in [3.63, 3.8) is 0 Å². The highest BCUT2D eigenvalue weighted by atomic mass is 35.5. The van der Waals surface area contributed by atoms with Crippen LogP contribution in [0.4, 0.5) is 5.69 Å². The average molecular weight is 222 g/mol. The van der Waals surface area contributed by atoms with Gasteiger partial charge >= 0.3 is 0 Å². The van der Waals surface area contributed by atoms with E-state index < -0.39 is 16.7 Å². The van der Waals surface area contributed by atoms with E-state index in [1.807, 2.05) is 0 Å². The third-order valence-electron chi connectivity index (χ3n) is 1.46. The molecule has 0 amide bonds. The number of anilines is 1. The number of benzene rings is 1. The summed E-state index contributed by atoms with van der Waals surface area (Å²) < 4.78 is 11.2. The molecule has 6 heteroatoms. The van der Waals surface area contributed by atoms with E-state index in [-0.39, 0.29) is 21.4 Å². The number of rotatable bonds is 2. The maximum absolute atomic E-state index is 11.2. The minimum atomic E-state index is -1.73. The Bertz CT molecular complexity index is 356. The molecule has 0 heterocycles. The number of phenolic OH excluding ortho intramolecular Hbond substituents is 1. The third kappa shape index (κ3) is 1.93. The van der Waals surface area contributed by atoms with Crippen molar-refractivity contribution in [2.24, 2.45) is 0 Å². The minimum absolute atomic E-state index is 0.0239. The van der Waals surface area contributed by atoms with E-state index in [0.717, 1.165) is 0 Å². The topological polar surface area (TPSA) is 83.6 Å². The zero-order valence-electron chi connectivity index (χ0n) is 6.53. The zero-order chi connectivity index (χ0) is 10.0. The molecule has 0 saturated heterocycles. The summed E-state index contributed by atoms with van der Waals surface area (Å²) in [4.78, 5) is -0.0239. The number of halogens is 1. The van der Waals surface area contributed by atoms with Crippen LogP contribution in [-0.4, -0.2) is 20.4 Å². The van der Waals surface area contributed by atoms with Gasteiger partial charge in [0.25, 0.3) is 0 Å². The van der Waals surface area contributed by atoms with Crippen LogP contribution in [0.15, 0.2) is 17.0 Å². The maximum Gasteiger partial charge on any atom is 0.156 e. The summed E-state index contributed by atoms with van der Waals surface area (Å²) in [5.41, 5.74) is 5.44. The normalized spacial score (nSPS) is 12.8. The second-order valence-corrected chi connectivity index (χ2v) is 4.05. The standard InChI is InChI=1S/C7H8ClNO3S/c8-4-1-2-5(9)6(11)7(4)13(12)3-10/h1-2,10-11H,3,9H2. The van der Waals surface area contributed by atoms with Gasteiger partial charge < -0.3 is 15.9 Å². The molecule has 0 aliphatic carbocycles. The quantitative estimate of drug-likeness (QED) is 0.507. The van der Waals surface area contributed by atoms with E-state index in [1.165, 1.54) is 12.1 Å². The molecule has 0 fully saturated rings. The number of hydrogen-bond donors (Lipinski definition) is 3. The number of phenols is 1. The Kier molecular flexibility index (Phi) is 3.13. The summed E-state index contributed by atoms with van der Waals surface area (Å²) in [6.45, 7) is 0. The first kappa shape index (κ1) is 10.3. The van der Waals surface area contributed by atoms with Gasteiger partial charge in [0.1, 0.15) is 10.8 Å². The molecule has 1 aromatic rings. The Hall–Kier alpha value is -0.780. The van der Waals surface area contributed by atoms with Crippen LogP contribution in [0, 0.1) is 0 Å². The number of aliphatic hydroxyl groups is 1. The van der Waals surface area contributed by atoms with Crippen molar-refractivity contribution in [2.45, 2.75) is 4.90 Å². The van der Waals surface area contributed by atoms with E-state index in [9.17, 15) is 9.32 Å². The van der Waals surface area contributed by atoms with E-state index in [2.05, 4.69) is 0 Å².